The van der Waals surface area contributed by atoms with Crippen LogP contribution in [-0.4, -0.2) is 33.5 Å². The van der Waals surface area contributed by atoms with E-state index in [4.69, 9.17) is 0 Å². The number of hydrogen-bond donors (Lipinski definition) is 2. The fourth-order valence-corrected chi connectivity index (χ4v) is 3.10. The number of aliphatic hydroxyl groups excluding tert-OH is 1. The van der Waals surface area contributed by atoms with Gasteiger partial charge in [-0.25, -0.2) is 0 Å². The van der Waals surface area contributed by atoms with Crippen LogP contribution in [0, 0.1) is 6.92 Å². The fraction of sp³-hybridized carbons (Fsp3) is 0.353. The van der Waals surface area contributed by atoms with E-state index in [9.17, 15) is 23.1 Å². The Balaban J connectivity index is 1.94. The van der Waals surface area contributed by atoms with Gasteiger partial charge < -0.3 is 15.0 Å². The fourth-order valence-electron chi connectivity index (χ4n) is 3.10. The molecule has 1 aliphatic heterocycles. The Kier molecular flexibility index (Phi) is 4.13. The second-order valence-electron chi connectivity index (χ2n) is 6.02. The molecule has 0 spiro atoms. The van der Waals surface area contributed by atoms with Crippen molar-refractivity contribution >= 4 is 5.91 Å². The molecule has 1 amide bonds. The first-order valence-corrected chi connectivity index (χ1v) is 7.57. The average molecular weight is 338 g/mol. The maximum absolute atomic E-state index is 12.9. The maximum atomic E-state index is 12.9. The number of rotatable bonds is 2. The van der Waals surface area contributed by atoms with Crippen LogP contribution in [0.4, 0.5) is 13.2 Å². The lowest BCUT2D eigenvalue weighted by atomic mass is 10.0. The SMILES string of the molecule is Cc1cc[nH]c1C(=O)N1C[C@H](O)C[C@@H]1c1cccc(C(F)(F)F)c1. The molecule has 1 aliphatic rings. The summed E-state index contributed by atoms with van der Waals surface area (Å²) in [6, 6.07) is 6.09. The summed E-state index contributed by atoms with van der Waals surface area (Å²) in [6.45, 7) is 1.87. The lowest BCUT2D eigenvalue weighted by molar-refractivity contribution is -0.137. The number of β-amino-alcohol motifs (C(OH)–C–C–N with tert-alkyl or cyclic N) is 1. The van der Waals surface area contributed by atoms with Crippen LogP contribution in [0.3, 0.4) is 0 Å². The summed E-state index contributed by atoms with van der Waals surface area (Å²) in [5, 5.41) is 9.95. The number of nitrogens with zero attached hydrogens (tertiary/aromatic N) is 1. The molecule has 1 aromatic heterocycles. The molecule has 1 aromatic carbocycles. The Morgan fingerprint density at radius 2 is 2.08 bits per heavy atom. The van der Waals surface area contributed by atoms with Gasteiger partial charge in [-0.1, -0.05) is 12.1 Å². The molecule has 3 rings (SSSR count). The van der Waals surface area contributed by atoms with E-state index in [-0.39, 0.29) is 18.9 Å². The van der Waals surface area contributed by atoms with Crippen molar-refractivity contribution in [2.45, 2.75) is 31.7 Å². The first-order valence-electron chi connectivity index (χ1n) is 7.57. The van der Waals surface area contributed by atoms with Crippen LogP contribution < -0.4 is 0 Å². The maximum Gasteiger partial charge on any atom is 0.416 e. The minimum absolute atomic E-state index is 0.0954. The highest BCUT2D eigenvalue weighted by Crippen LogP contribution is 2.36. The summed E-state index contributed by atoms with van der Waals surface area (Å²) < 4.78 is 38.8. The molecular formula is C17H17F3N2O2. The highest BCUT2D eigenvalue weighted by molar-refractivity contribution is 5.94. The van der Waals surface area contributed by atoms with Crippen LogP contribution in [0.1, 0.15) is 39.6 Å². The molecule has 128 valence electrons. The third-order valence-corrected chi connectivity index (χ3v) is 4.31. The molecule has 2 atom stereocenters. The minimum atomic E-state index is -4.45. The van der Waals surface area contributed by atoms with Gasteiger partial charge in [0.25, 0.3) is 5.91 Å². The van der Waals surface area contributed by atoms with Crippen molar-refractivity contribution in [2.75, 3.05) is 6.54 Å². The van der Waals surface area contributed by atoms with Crippen molar-refractivity contribution in [3.63, 3.8) is 0 Å². The lowest BCUT2D eigenvalue weighted by Gasteiger charge is -2.25. The number of likely N-dealkylation sites (tertiary alicyclic amines) is 1. The Morgan fingerprint density at radius 1 is 1.33 bits per heavy atom. The number of H-pyrrole nitrogens is 1. The minimum Gasteiger partial charge on any atom is -0.391 e. The van der Waals surface area contributed by atoms with Gasteiger partial charge >= 0.3 is 6.18 Å². The lowest BCUT2D eigenvalue weighted by Crippen LogP contribution is -2.32. The standard InChI is InChI=1S/C17H17F3N2O2/c1-10-5-6-21-15(10)16(24)22-9-13(23)8-14(22)11-3-2-4-12(7-11)17(18,19)20/h2-7,13-14,21,23H,8-9H2,1H3/t13-,14-/m1/s1. The van der Waals surface area contributed by atoms with Gasteiger partial charge in [0.1, 0.15) is 5.69 Å². The molecule has 1 fully saturated rings. The number of hydrogen-bond acceptors (Lipinski definition) is 2. The highest BCUT2D eigenvalue weighted by Gasteiger charge is 2.38. The van der Waals surface area contributed by atoms with Crippen LogP contribution in [0.15, 0.2) is 36.5 Å². The molecule has 2 heterocycles. The van der Waals surface area contributed by atoms with E-state index < -0.39 is 23.9 Å². The molecule has 7 heteroatoms. The number of aromatic amines is 1. The summed E-state index contributed by atoms with van der Waals surface area (Å²) in [6.07, 6.45) is -3.36. The summed E-state index contributed by atoms with van der Waals surface area (Å²) in [5.41, 5.74) is 0.758. The van der Waals surface area contributed by atoms with E-state index in [1.165, 1.54) is 11.0 Å². The molecule has 0 saturated carbocycles. The first kappa shape index (κ1) is 16.6. The highest BCUT2D eigenvalue weighted by atomic mass is 19.4. The number of alkyl halides is 3. The molecule has 1 saturated heterocycles. The second kappa shape index (κ2) is 5.98. The predicted molar refractivity (Wildman–Crippen MR) is 81.4 cm³/mol. The van der Waals surface area contributed by atoms with Crippen LogP contribution in [0.5, 0.6) is 0 Å². The summed E-state index contributed by atoms with van der Waals surface area (Å²) >= 11 is 0. The van der Waals surface area contributed by atoms with Crippen molar-refractivity contribution in [3.05, 3.63) is 58.9 Å². The van der Waals surface area contributed by atoms with Gasteiger partial charge in [0.15, 0.2) is 0 Å². The van der Waals surface area contributed by atoms with Gasteiger partial charge in [-0.2, -0.15) is 13.2 Å². The largest absolute Gasteiger partial charge is 0.416 e. The Bertz CT molecular complexity index is 754. The van der Waals surface area contributed by atoms with Gasteiger partial charge in [-0.05, 0) is 42.7 Å². The first-order chi connectivity index (χ1) is 11.3. The van der Waals surface area contributed by atoms with Crippen molar-refractivity contribution < 1.29 is 23.1 Å². The number of amides is 1. The van der Waals surface area contributed by atoms with Crippen molar-refractivity contribution in [1.82, 2.24) is 9.88 Å². The topological polar surface area (TPSA) is 56.3 Å². The van der Waals surface area contributed by atoms with E-state index in [2.05, 4.69) is 4.98 Å². The molecule has 0 unspecified atom stereocenters. The molecule has 0 radical (unpaired) electrons. The van der Waals surface area contributed by atoms with Crippen LogP contribution in [-0.2, 0) is 6.18 Å². The predicted octanol–water partition coefficient (Wildman–Crippen LogP) is 3.29. The third-order valence-electron chi connectivity index (χ3n) is 4.31. The number of benzene rings is 1. The van der Waals surface area contributed by atoms with E-state index in [0.717, 1.165) is 17.7 Å². The number of nitrogens with one attached hydrogen (secondary N) is 1. The monoisotopic (exact) mass is 338 g/mol. The van der Waals surface area contributed by atoms with E-state index in [0.29, 0.717) is 11.3 Å². The van der Waals surface area contributed by atoms with Gasteiger partial charge in [0, 0.05) is 12.7 Å². The zero-order valence-electron chi connectivity index (χ0n) is 13.0. The normalized spacial score (nSPS) is 21.3. The van der Waals surface area contributed by atoms with E-state index >= 15 is 0 Å². The van der Waals surface area contributed by atoms with Gasteiger partial charge in [-0.15, -0.1) is 0 Å². The summed E-state index contributed by atoms with van der Waals surface area (Å²) in [4.78, 5) is 17.0. The molecule has 0 bridgehead atoms. The summed E-state index contributed by atoms with van der Waals surface area (Å²) in [7, 11) is 0. The number of aryl methyl sites for hydroxylation is 1. The van der Waals surface area contributed by atoms with E-state index in [1.807, 2.05) is 0 Å². The van der Waals surface area contributed by atoms with Crippen molar-refractivity contribution in [1.29, 1.82) is 0 Å². The summed E-state index contributed by atoms with van der Waals surface area (Å²) in [5.74, 6) is -0.323. The zero-order chi connectivity index (χ0) is 17.5. The van der Waals surface area contributed by atoms with E-state index in [1.54, 1.807) is 25.3 Å². The quantitative estimate of drug-likeness (QED) is 0.883. The van der Waals surface area contributed by atoms with Crippen LogP contribution >= 0.6 is 0 Å². The number of carbonyl (C=O) groups is 1. The molecule has 2 N–H and O–H groups in total. The number of halogens is 3. The zero-order valence-corrected chi connectivity index (χ0v) is 13.0. The Labute approximate surface area is 136 Å². The van der Waals surface area contributed by atoms with Gasteiger partial charge in [0.2, 0.25) is 0 Å². The van der Waals surface area contributed by atoms with Crippen molar-refractivity contribution in [3.8, 4) is 0 Å². The van der Waals surface area contributed by atoms with Gasteiger partial charge in [-0.3, -0.25) is 4.79 Å². The number of carbonyl (C=O) groups excluding carboxylic acids is 1. The van der Waals surface area contributed by atoms with Crippen LogP contribution in [0.2, 0.25) is 0 Å². The average Bonchev–Trinajstić information content (AvgIpc) is 3.12. The smallest absolute Gasteiger partial charge is 0.391 e. The molecule has 24 heavy (non-hydrogen) atoms. The number of aromatic nitrogens is 1. The third kappa shape index (κ3) is 3.03. The van der Waals surface area contributed by atoms with Gasteiger partial charge in [0.05, 0.1) is 17.7 Å². The Hall–Kier alpha value is -2.28. The van der Waals surface area contributed by atoms with Crippen LogP contribution in [0.25, 0.3) is 0 Å². The second-order valence-corrected chi connectivity index (χ2v) is 6.02. The molecule has 4 nitrogen and oxygen atoms in total. The van der Waals surface area contributed by atoms with Crippen molar-refractivity contribution in [2.24, 2.45) is 0 Å². The Morgan fingerprint density at radius 3 is 2.71 bits per heavy atom. The molecule has 0 aliphatic carbocycles. The molecule has 2 aromatic rings. The number of aliphatic hydroxyl groups is 1. The molecular weight excluding hydrogens is 321 g/mol.